The van der Waals surface area contributed by atoms with Crippen LogP contribution in [0.2, 0.25) is 0 Å². The molecule has 0 atom stereocenters. The number of hydrogen-bond acceptors (Lipinski definition) is 5. The van der Waals surface area contributed by atoms with Crippen LogP contribution in [-0.2, 0) is 19.5 Å². The van der Waals surface area contributed by atoms with Gasteiger partial charge in [-0.3, -0.25) is 4.90 Å². The van der Waals surface area contributed by atoms with Crippen molar-refractivity contribution in [2.45, 2.75) is 26.4 Å². The Hall–Kier alpha value is -2.76. The predicted molar refractivity (Wildman–Crippen MR) is 112 cm³/mol. The minimum atomic E-state index is 0.679. The van der Waals surface area contributed by atoms with Gasteiger partial charge in [0.1, 0.15) is 0 Å². The molecular formula is C23H21N3OS. The molecule has 0 saturated carbocycles. The second-order valence-electron chi connectivity index (χ2n) is 7.18. The molecule has 28 heavy (non-hydrogen) atoms. The first kappa shape index (κ1) is 17.3. The average molecular weight is 388 g/mol. The van der Waals surface area contributed by atoms with Gasteiger partial charge in [0.15, 0.2) is 11.6 Å². The second-order valence-corrected chi connectivity index (χ2v) is 8.35. The number of nitrogens with zero attached hydrogens (tertiary/aromatic N) is 3. The first-order valence-electron chi connectivity index (χ1n) is 9.52. The second kappa shape index (κ2) is 7.34. The predicted octanol–water partition coefficient (Wildman–Crippen LogP) is 5.33. The van der Waals surface area contributed by atoms with Gasteiger partial charge in [0.2, 0.25) is 0 Å². The van der Waals surface area contributed by atoms with Crippen molar-refractivity contribution in [3.63, 3.8) is 0 Å². The molecule has 140 valence electrons. The van der Waals surface area contributed by atoms with Crippen LogP contribution in [0.25, 0.3) is 22.0 Å². The molecule has 0 unspecified atom stereocenters. The highest BCUT2D eigenvalue weighted by atomic mass is 32.1. The highest BCUT2D eigenvalue weighted by Gasteiger charge is 2.20. The lowest BCUT2D eigenvalue weighted by molar-refractivity contribution is 0.245. The molecule has 0 aliphatic carbocycles. The fourth-order valence-corrected chi connectivity index (χ4v) is 4.85. The zero-order valence-corrected chi connectivity index (χ0v) is 16.6. The minimum absolute atomic E-state index is 0.679. The first-order valence-corrected chi connectivity index (χ1v) is 10.3. The van der Waals surface area contributed by atoms with E-state index < -0.39 is 0 Å². The van der Waals surface area contributed by atoms with E-state index in [1.54, 1.807) is 6.26 Å². The third-order valence-corrected chi connectivity index (χ3v) is 6.31. The molecule has 1 aliphatic rings. The van der Waals surface area contributed by atoms with Crippen LogP contribution in [0, 0.1) is 6.92 Å². The van der Waals surface area contributed by atoms with Gasteiger partial charge < -0.3 is 4.42 Å². The zero-order valence-electron chi connectivity index (χ0n) is 15.8. The number of fused-ring (bicyclic) bond motifs is 1. The molecule has 5 rings (SSSR count). The normalized spacial score (nSPS) is 14.2. The van der Waals surface area contributed by atoms with E-state index in [0.29, 0.717) is 5.82 Å². The number of benzene rings is 1. The monoisotopic (exact) mass is 387 g/mol. The van der Waals surface area contributed by atoms with Crippen molar-refractivity contribution < 1.29 is 4.42 Å². The lowest BCUT2D eigenvalue weighted by atomic mass is 10.1. The third-order valence-electron chi connectivity index (χ3n) is 5.21. The molecule has 1 aromatic carbocycles. The van der Waals surface area contributed by atoms with Gasteiger partial charge in [0, 0.05) is 47.6 Å². The highest BCUT2D eigenvalue weighted by molar-refractivity contribution is 7.15. The number of rotatable bonds is 4. The molecular weight excluding hydrogens is 366 g/mol. The summed E-state index contributed by atoms with van der Waals surface area (Å²) in [6.07, 6.45) is 4.56. The maximum absolute atomic E-state index is 5.42. The minimum Gasteiger partial charge on any atom is -0.461 e. The highest BCUT2D eigenvalue weighted by Crippen LogP contribution is 2.32. The van der Waals surface area contributed by atoms with Crippen LogP contribution >= 0.6 is 11.3 Å². The van der Waals surface area contributed by atoms with E-state index in [0.717, 1.165) is 37.5 Å². The topological polar surface area (TPSA) is 42.2 Å². The van der Waals surface area contributed by atoms with Gasteiger partial charge in [-0.1, -0.05) is 24.3 Å². The molecule has 4 nitrogen and oxygen atoms in total. The summed E-state index contributed by atoms with van der Waals surface area (Å²) < 4.78 is 5.42. The van der Waals surface area contributed by atoms with Crippen molar-refractivity contribution in [1.82, 2.24) is 14.9 Å². The van der Waals surface area contributed by atoms with Crippen molar-refractivity contribution in [3.8, 4) is 22.0 Å². The standard InChI is InChI=1S/C23H21N3OS/c1-16-5-2-3-6-19(16)22-9-8-18(28-22)15-26-11-10-20-17(14-26)13-24-23(25-20)21-7-4-12-27-21/h2-9,12-13H,10-11,14-15H2,1H3. The molecule has 3 aromatic heterocycles. The molecule has 0 spiro atoms. The molecule has 0 fully saturated rings. The van der Waals surface area contributed by atoms with Gasteiger partial charge in [-0.15, -0.1) is 11.3 Å². The van der Waals surface area contributed by atoms with E-state index in [1.807, 2.05) is 29.7 Å². The Balaban J connectivity index is 1.30. The van der Waals surface area contributed by atoms with Gasteiger partial charge in [-0.25, -0.2) is 9.97 Å². The summed E-state index contributed by atoms with van der Waals surface area (Å²) in [5.74, 6) is 1.41. The van der Waals surface area contributed by atoms with Crippen LogP contribution in [0.1, 0.15) is 21.7 Å². The first-order chi connectivity index (χ1) is 13.8. The molecule has 5 heteroatoms. The van der Waals surface area contributed by atoms with Crippen LogP contribution in [0.15, 0.2) is 65.4 Å². The number of thiophene rings is 1. The van der Waals surface area contributed by atoms with Crippen molar-refractivity contribution in [1.29, 1.82) is 0 Å². The number of furan rings is 1. The lowest BCUT2D eigenvalue weighted by Crippen LogP contribution is -2.30. The maximum atomic E-state index is 5.42. The molecule has 0 saturated heterocycles. The number of aryl methyl sites for hydroxylation is 1. The van der Waals surface area contributed by atoms with Crippen molar-refractivity contribution in [2.75, 3.05) is 6.54 Å². The Morgan fingerprint density at radius 1 is 1.11 bits per heavy atom. The quantitative estimate of drug-likeness (QED) is 0.474. The third kappa shape index (κ3) is 3.39. The van der Waals surface area contributed by atoms with Crippen LogP contribution in [0.3, 0.4) is 0 Å². The van der Waals surface area contributed by atoms with E-state index >= 15 is 0 Å². The van der Waals surface area contributed by atoms with Crippen molar-refractivity contribution in [3.05, 3.63) is 82.7 Å². The Kier molecular flexibility index (Phi) is 4.55. The van der Waals surface area contributed by atoms with E-state index in [9.17, 15) is 0 Å². The summed E-state index contributed by atoms with van der Waals surface area (Å²) in [6.45, 7) is 5.05. The van der Waals surface area contributed by atoms with E-state index in [-0.39, 0.29) is 0 Å². The fourth-order valence-electron chi connectivity index (χ4n) is 3.71. The Morgan fingerprint density at radius 3 is 2.89 bits per heavy atom. The zero-order chi connectivity index (χ0) is 18.9. The maximum Gasteiger partial charge on any atom is 0.195 e. The van der Waals surface area contributed by atoms with Crippen LogP contribution in [0.4, 0.5) is 0 Å². The summed E-state index contributed by atoms with van der Waals surface area (Å²) in [7, 11) is 0. The molecule has 0 bridgehead atoms. The van der Waals surface area contributed by atoms with Crippen LogP contribution in [-0.4, -0.2) is 21.4 Å². The Morgan fingerprint density at radius 2 is 2.04 bits per heavy atom. The van der Waals surface area contributed by atoms with Crippen molar-refractivity contribution in [2.24, 2.45) is 0 Å². The Bertz CT molecular complexity index is 1100. The molecule has 4 aromatic rings. The van der Waals surface area contributed by atoms with Gasteiger partial charge in [0.05, 0.1) is 12.0 Å². The van der Waals surface area contributed by atoms with Gasteiger partial charge >= 0.3 is 0 Å². The molecule has 0 amide bonds. The molecule has 4 heterocycles. The molecule has 0 radical (unpaired) electrons. The average Bonchev–Trinajstić information content (AvgIpc) is 3.40. The summed E-state index contributed by atoms with van der Waals surface area (Å²) in [4.78, 5) is 14.4. The van der Waals surface area contributed by atoms with Crippen LogP contribution in [0.5, 0.6) is 0 Å². The van der Waals surface area contributed by atoms with Gasteiger partial charge in [-0.05, 0) is 42.3 Å². The van der Waals surface area contributed by atoms with Gasteiger partial charge in [-0.2, -0.15) is 0 Å². The van der Waals surface area contributed by atoms with E-state index in [4.69, 9.17) is 9.40 Å². The van der Waals surface area contributed by atoms with E-state index in [2.05, 4.69) is 53.2 Å². The van der Waals surface area contributed by atoms with Crippen LogP contribution < -0.4 is 0 Å². The lowest BCUT2D eigenvalue weighted by Gasteiger charge is -2.27. The SMILES string of the molecule is Cc1ccccc1-c1ccc(CN2CCc3nc(-c4ccco4)ncc3C2)s1. The summed E-state index contributed by atoms with van der Waals surface area (Å²) in [5.41, 5.74) is 5.02. The summed E-state index contributed by atoms with van der Waals surface area (Å²) in [5, 5.41) is 0. The number of aromatic nitrogens is 2. The fraction of sp³-hybridized carbons (Fsp3) is 0.217. The number of hydrogen-bond donors (Lipinski definition) is 0. The summed E-state index contributed by atoms with van der Waals surface area (Å²) in [6, 6.07) is 16.9. The van der Waals surface area contributed by atoms with Crippen molar-refractivity contribution >= 4 is 11.3 Å². The van der Waals surface area contributed by atoms with E-state index in [1.165, 1.54) is 26.4 Å². The molecule has 1 aliphatic heterocycles. The molecule has 0 N–H and O–H groups in total. The summed E-state index contributed by atoms with van der Waals surface area (Å²) >= 11 is 1.89. The van der Waals surface area contributed by atoms with Gasteiger partial charge in [0.25, 0.3) is 0 Å². The Labute approximate surface area is 168 Å². The smallest absolute Gasteiger partial charge is 0.195 e. The largest absolute Gasteiger partial charge is 0.461 e.